The summed E-state index contributed by atoms with van der Waals surface area (Å²) in [7, 11) is 0. The van der Waals surface area contributed by atoms with Crippen molar-refractivity contribution in [3.05, 3.63) is 65.2 Å². The molecule has 1 atom stereocenters. The Morgan fingerprint density at radius 1 is 1.24 bits per heavy atom. The van der Waals surface area contributed by atoms with Crippen LogP contribution in [0.15, 0.2) is 53.5 Å². The highest BCUT2D eigenvalue weighted by Gasteiger charge is 2.16. The third-order valence-electron chi connectivity index (χ3n) is 3.99. The Morgan fingerprint density at radius 3 is 2.56 bits per heavy atom. The zero-order valence-corrected chi connectivity index (χ0v) is 13.6. The molecule has 126 valence electrons. The number of benzene rings is 2. The van der Waals surface area contributed by atoms with Crippen LogP contribution in [0.3, 0.4) is 0 Å². The van der Waals surface area contributed by atoms with Gasteiger partial charge in [0.25, 0.3) is 11.9 Å². The number of amides is 1. The fourth-order valence-electron chi connectivity index (χ4n) is 2.57. The van der Waals surface area contributed by atoms with E-state index in [4.69, 9.17) is 15.7 Å². The van der Waals surface area contributed by atoms with Gasteiger partial charge in [-0.25, -0.2) is 4.99 Å². The molecule has 25 heavy (non-hydrogen) atoms. The second-order valence-electron chi connectivity index (χ2n) is 5.81. The van der Waals surface area contributed by atoms with E-state index in [0.717, 1.165) is 24.1 Å². The van der Waals surface area contributed by atoms with Gasteiger partial charge in [0.15, 0.2) is 0 Å². The maximum atomic E-state index is 12.2. The molecule has 3 rings (SSSR count). The summed E-state index contributed by atoms with van der Waals surface area (Å²) >= 11 is 0. The van der Waals surface area contributed by atoms with E-state index in [0.29, 0.717) is 17.7 Å². The number of carbonyl (C=O) groups is 1. The molecule has 0 aliphatic carbocycles. The minimum atomic E-state index is -0.204. The van der Waals surface area contributed by atoms with Gasteiger partial charge in [0.05, 0.1) is 17.7 Å². The van der Waals surface area contributed by atoms with Gasteiger partial charge in [0.2, 0.25) is 0 Å². The molecular weight excluding hydrogens is 316 g/mol. The summed E-state index contributed by atoms with van der Waals surface area (Å²) in [4.78, 5) is 16.4. The van der Waals surface area contributed by atoms with E-state index >= 15 is 0 Å². The van der Waals surface area contributed by atoms with Gasteiger partial charge >= 0.3 is 0 Å². The average Bonchev–Trinajstić information content (AvgIpc) is 3.06. The number of ether oxygens (including phenoxy) is 1. The highest BCUT2D eigenvalue weighted by atomic mass is 16.5. The fourth-order valence-corrected chi connectivity index (χ4v) is 2.57. The molecule has 6 nitrogen and oxygen atoms in total. The number of nitrogens with one attached hydrogen (secondary N) is 1. The summed E-state index contributed by atoms with van der Waals surface area (Å²) < 4.78 is 5.14. The molecule has 1 amide bonds. The Hall–Kier alpha value is -3.33. The number of anilines is 1. The third kappa shape index (κ3) is 4.36. The molecule has 1 heterocycles. The van der Waals surface area contributed by atoms with Crippen LogP contribution >= 0.6 is 0 Å². The summed E-state index contributed by atoms with van der Waals surface area (Å²) in [6, 6.07) is 16.7. The number of aliphatic imine (C=N–C) groups is 1. The van der Waals surface area contributed by atoms with Crippen molar-refractivity contribution in [3.8, 4) is 6.07 Å². The van der Waals surface area contributed by atoms with Crippen molar-refractivity contribution < 1.29 is 9.53 Å². The van der Waals surface area contributed by atoms with Crippen molar-refractivity contribution in [3.63, 3.8) is 0 Å². The Labute approximate surface area is 145 Å². The molecule has 0 aromatic heterocycles. The molecule has 1 aliphatic rings. The van der Waals surface area contributed by atoms with Crippen LogP contribution in [0.25, 0.3) is 0 Å². The summed E-state index contributed by atoms with van der Waals surface area (Å²) in [5.41, 5.74) is 8.43. The lowest BCUT2D eigenvalue weighted by molar-refractivity contribution is 0.102. The van der Waals surface area contributed by atoms with E-state index in [9.17, 15) is 4.79 Å². The van der Waals surface area contributed by atoms with Gasteiger partial charge in [-0.1, -0.05) is 12.1 Å². The van der Waals surface area contributed by atoms with Gasteiger partial charge in [-0.2, -0.15) is 5.26 Å². The highest BCUT2D eigenvalue weighted by Crippen LogP contribution is 2.15. The van der Waals surface area contributed by atoms with Crippen LogP contribution in [0.1, 0.15) is 27.9 Å². The van der Waals surface area contributed by atoms with E-state index in [1.807, 2.05) is 30.3 Å². The number of carbonyl (C=O) groups excluding carboxylic acids is 1. The smallest absolute Gasteiger partial charge is 0.282 e. The molecule has 0 saturated carbocycles. The monoisotopic (exact) mass is 334 g/mol. The van der Waals surface area contributed by atoms with Crippen LogP contribution in [0.2, 0.25) is 0 Å². The normalized spacial score (nSPS) is 15.8. The first-order valence-electron chi connectivity index (χ1n) is 8.00. The molecule has 0 spiro atoms. The standard InChI is InChI=1S/C19H18N4O2/c20-11-14-1-6-15(7-2-14)18(24)22-16-8-3-13(4-9-16)5-10-17-12-25-19(21)23-17/h1-4,6-9,17H,5,10,12H2,(H2,21,23)(H,22,24). The molecule has 2 aromatic carbocycles. The molecule has 2 aromatic rings. The number of nitrogens with two attached hydrogens (primary N) is 1. The lowest BCUT2D eigenvalue weighted by Crippen LogP contribution is -2.12. The van der Waals surface area contributed by atoms with Crippen LogP contribution in [0.5, 0.6) is 0 Å². The second-order valence-corrected chi connectivity index (χ2v) is 5.81. The SMILES string of the molecule is N#Cc1ccc(C(=O)Nc2ccc(CCC3COC(N)=N3)cc2)cc1. The number of hydrogen-bond acceptors (Lipinski definition) is 5. The van der Waals surface area contributed by atoms with E-state index in [-0.39, 0.29) is 18.0 Å². The summed E-state index contributed by atoms with van der Waals surface area (Å²) in [5.74, 6) is -0.204. The quantitative estimate of drug-likeness (QED) is 0.877. The predicted molar refractivity (Wildman–Crippen MR) is 95.2 cm³/mol. The Kier molecular flexibility index (Phi) is 4.95. The molecule has 0 saturated heterocycles. The van der Waals surface area contributed by atoms with Gasteiger partial charge in [0.1, 0.15) is 6.61 Å². The first kappa shape index (κ1) is 16.5. The Morgan fingerprint density at radius 2 is 1.96 bits per heavy atom. The lowest BCUT2D eigenvalue weighted by atomic mass is 10.1. The number of hydrogen-bond donors (Lipinski definition) is 2. The topological polar surface area (TPSA) is 100 Å². The maximum absolute atomic E-state index is 12.2. The van der Waals surface area contributed by atoms with Crippen molar-refractivity contribution in [2.45, 2.75) is 18.9 Å². The first-order chi connectivity index (χ1) is 12.1. The van der Waals surface area contributed by atoms with Gasteiger partial charge in [-0.3, -0.25) is 4.79 Å². The van der Waals surface area contributed by atoms with E-state index in [2.05, 4.69) is 10.3 Å². The van der Waals surface area contributed by atoms with Gasteiger partial charge in [0, 0.05) is 11.3 Å². The molecule has 3 N–H and O–H groups in total. The number of aryl methyl sites for hydroxylation is 1. The number of nitrogens with zero attached hydrogens (tertiary/aromatic N) is 2. The minimum Gasteiger partial charge on any atom is -0.463 e. The van der Waals surface area contributed by atoms with E-state index in [1.54, 1.807) is 24.3 Å². The van der Waals surface area contributed by atoms with Crippen molar-refractivity contribution in [2.24, 2.45) is 10.7 Å². The van der Waals surface area contributed by atoms with Crippen LogP contribution in [0.4, 0.5) is 5.69 Å². The van der Waals surface area contributed by atoms with Crippen molar-refractivity contribution >= 4 is 17.6 Å². The molecule has 0 fully saturated rings. The van der Waals surface area contributed by atoms with E-state index < -0.39 is 0 Å². The Balaban J connectivity index is 1.54. The zero-order valence-electron chi connectivity index (χ0n) is 13.6. The van der Waals surface area contributed by atoms with Gasteiger partial charge in [-0.15, -0.1) is 0 Å². The van der Waals surface area contributed by atoms with Gasteiger partial charge < -0.3 is 15.8 Å². The fraction of sp³-hybridized carbons (Fsp3) is 0.211. The number of rotatable bonds is 5. The van der Waals surface area contributed by atoms with Crippen LogP contribution in [-0.4, -0.2) is 24.6 Å². The molecule has 0 radical (unpaired) electrons. The minimum absolute atomic E-state index is 0.121. The predicted octanol–water partition coefficient (Wildman–Crippen LogP) is 2.46. The average molecular weight is 334 g/mol. The van der Waals surface area contributed by atoms with E-state index in [1.165, 1.54) is 0 Å². The van der Waals surface area contributed by atoms with Crippen LogP contribution < -0.4 is 11.1 Å². The Bertz CT molecular complexity index is 820. The summed E-state index contributed by atoms with van der Waals surface area (Å²) in [5, 5.41) is 11.6. The zero-order chi connectivity index (χ0) is 17.6. The molecule has 1 unspecified atom stereocenters. The number of amidine groups is 1. The maximum Gasteiger partial charge on any atom is 0.282 e. The van der Waals surface area contributed by atoms with Crippen molar-refractivity contribution in [1.82, 2.24) is 0 Å². The van der Waals surface area contributed by atoms with Gasteiger partial charge in [-0.05, 0) is 54.8 Å². The third-order valence-corrected chi connectivity index (χ3v) is 3.99. The summed E-state index contributed by atoms with van der Waals surface area (Å²) in [6.45, 7) is 0.546. The first-order valence-corrected chi connectivity index (χ1v) is 8.00. The van der Waals surface area contributed by atoms with Crippen LogP contribution in [0, 0.1) is 11.3 Å². The van der Waals surface area contributed by atoms with Crippen LogP contribution in [-0.2, 0) is 11.2 Å². The largest absolute Gasteiger partial charge is 0.463 e. The lowest BCUT2D eigenvalue weighted by Gasteiger charge is -2.08. The summed E-state index contributed by atoms with van der Waals surface area (Å²) in [6.07, 6.45) is 1.74. The second kappa shape index (κ2) is 7.49. The molecule has 0 bridgehead atoms. The molecular formula is C19H18N4O2. The highest BCUT2D eigenvalue weighted by molar-refractivity contribution is 6.04. The van der Waals surface area contributed by atoms with Crippen molar-refractivity contribution in [1.29, 1.82) is 5.26 Å². The van der Waals surface area contributed by atoms with Crippen molar-refractivity contribution in [2.75, 3.05) is 11.9 Å². The molecule has 1 aliphatic heterocycles. The molecule has 6 heteroatoms. The number of nitriles is 1.